The van der Waals surface area contributed by atoms with E-state index in [1.54, 1.807) is 36.4 Å². The molecule has 0 bridgehead atoms. The SMILES string of the molecule is O=C(NC1CCS(=O)(=O)C1)c1ccc2nc(NS(=O)(=O)c3ccccc3)sc2c1. The lowest BCUT2D eigenvalue weighted by Crippen LogP contribution is -2.35. The number of sulfone groups is 1. The highest BCUT2D eigenvalue weighted by atomic mass is 32.2. The minimum atomic E-state index is -3.75. The van der Waals surface area contributed by atoms with E-state index in [-0.39, 0.29) is 27.4 Å². The first kappa shape index (κ1) is 19.8. The monoisotopic (exact) mass is 451 g/mol. The summed E-state index contributed by atoms with van der Waals surface area (Å²) in [6.07, 6.45) is 0.405. The van der Waals surface area contributed by atoms with E-state index >= 15 is 0 Å². The van der Waals surface area contributed by atoms with E-state index < -0.39 is 25.9 Å². The predicted molar refractivity (Wildman–Crippen MR) is 111 cm³/mol. The first-order chi connectivity index (χ1) is 13.7. The van der Waals surface area contributed by atoms with Crippen LogP contribution in [0.25, 0.3) is 10.2 Å². The zero-order valence-corrected chi connectivity index (χ0v) is 17.5. The molecule has 8 nitrogen and oxygen atoms in total. The van der Waals surface area contributed by atoms with Gasteiger partial charge in [0.05, 0.1) is 26.6 Å². The molecule has 152 valence electrons. The zero-order chi connectivity index (χ0) is 20.6. The largest absolute Gasteiger partial charge is 0.348 e. The van der Waals surface area contributed by atoms with Gasteiger partial charge in [0.1, 0.15) is 0 Å². The average molecular weight is 452 g/mol. The molecular weight excluding hydrogens is 434 g/mol. The second kappa shape index (κ2) is 7.39. The molecule has 29 heavy (non-hydrogen) atoms. The maximum absolute atomic E-state index is 12.4. The van der Waals surface area contributed by atoms with Gasteiger partial charge in [0.15, 0.2) is 15.0 Å². The van der Waals surface area contributed by atoms with Gasteiger partial charge < -0.3 is 5.32 Å². The van der Waals surface area contributed by atoms with Crippen LogP contribution in [0.5, 0.6) is 0 Å². The molecule has 2 N–H and O–H groups in total. The van der Waals surface area contributed by atoms with Crippen molar-refractivity contribution in [3.63, 3.8) is 0 Å². The van der Waals surface area contributed by atoms with Gasteiger partial charge in [0.25, 0.3) is 15.9 Å². The van der Waals surface area contributed by atoms with E-state index in [1.807, 2.05) is 0 Å². The van der Waals surface area contributed by atoms with Crippen molar-refractivity contribution in [1.29, 1.82) is 0 Å². The van der Waals surface area contributed by atoms with Crippen molar-refractivity contribution in [2.75, 3.05) is 16.2 Å². The molecule has 3 aromatic rings. The fourth-order valence-electron chi connectivity index (χ4n) is 3.06. The first-order valence-corrected chi connectivity index (χ1v) is 12.8. The molecule has 1 aliphatic rings. The summed E-state index contributed by atoms with van der Waals surface area (Å²) >= 11 is 1.12. The van der Waals surface area contributed by atoms with Gasteiger partial charge in [-0.25, -0.2) is 21.8 Å². The fraction of sp³-hybridized carbons (Fsp3) is 0.222. The summed E-state index contributed by atoms with van der Waals surface area (Å²) in [4.78, 5) is 16.8. The number of nitrogens with one attached hydrogen (secondary N) is 2. The zero-order valence-electron chi connectivity index (χ0n) is 15.0. The summed E-state index contributed by atoms with van der Waals surface area (Å²) < 4.78 is 51.1. The Morgan fingerprint density at radius 1 is 1.14 bits per heavy atom. The second-order valence-electron chi connectivity index (χ2n) is 6.69. The highest BCUT2D eigenvalue weighted by molar-refractivity contribution is 7.93. The third-order valence-electron chi connectivity index (χ3n) is 4.49. The van der Waals surface area contributed by atoms with E-state index in [1.165, 1.54) is 12.1 Å². The van der Waals surface area contributed by atoms with E-state index in [0.29, 0.717) is 22.2 Å². The molecule has 1 amide bonds. The Hall–Kier alpha value is -2.50. The van der Waals surface area contributed by atoms with Crippen LogP contribution < -0.4 is 10.0 Å². The lowest BCUT2D eigenvalue weighted by Gasteiger charge is -2.10. The summed E-state index contributed by atoms with van der Waals surface area (Å²) in [5.41, 5.74) is 0.920. The predicted octanol–water partition coefficient (Wildman–Crippen LogP) is 2.01. The number of hydrogen-bond donors (Lipinski definition) is 2. The quantitative estimate of drug-likeness (QED) is 0.612. The normalized spacial score (nSPS) is 18.6. The molecule has 1 aromatic heterocycles. The molecule has 1 aliphatic heterocycles. The first-order valence-electron chi connectivity index (χ1n) is 8.72. The number of rotatable bonds is 5. The summed E-state index contributed by atoms with van der Waals surface area (Å²) in [6.45, 7) is 0. The number of fused-ring (bicyclic) bond motifs is 1. The van der Waals surface area contributed by atoms with Crippen molar-refractivity contribution in [3.8, 4) is 0 Å². The minimum absolute atomic E-state index is 0.0487. The van der Waals surface area contributed by atoms with Crippen molar-refractivity contribution in [3.05, 3.63) is 54.1 Å². The summed E-state index contributed by atoms with van der Waals surface area (Å²) in [6, 6.07) is 12.4. The lowest BCUT2D eigenvalue weighted by molar-refractivity contribution is 0.0941. The molecule has 4 rings (SSSR count). The van der Waals surface area contributed by atoms with Crippen LogP contribution in [-0.4, -0.2) is 45.3 Å². The number of amides is 1. The summed E-state index contributed by atoms with van der Waals surface area (Å²) in [5.74, 6) is -0.335. The van der Waals surface area contributed by atoms with Crippen molar-refractivity contribution in [2.24, 2.45) is 0 Å². The number of anilines is 1. The van der Waals surface area contributed by atoms with Crippen molar-refractivity contribution < 1.29 is 21.6 Å². The van der Waals surface area contributed by atoms with Gasteiger partial charge in [-0.3, -0.25) is 9.52 Å². The van der Waals surface area contributed by atoms with Gasteiger partial charge in [0, 0.05) is 11.6 Å². The molecule has 2 aromatic carbocycles. The van der Waals surface area contributed by atoms with E-state index in [4.69, 9.17) is 0 Å². The van der Waals surface area contributed by atoms with Crippen LogP contribution in [0.4, 0.5) is 5.13 Å². The molecule has 11 heteroatoms. The Kier molecular flexibility index (Phi) is 5.05. The third kappa shape index (κ3) is 4.41. The van der Waals surface area contributed by atoms with Crippen LogP contribution in [0.3, 0.4) is 0 Å². The van der Waals surface area contributed by atoms with Crippen LogP contribution in [0, 0.1) is 0 Å². The molecule has 0 spiro atoms. The Morgan fingerprint density at radius 2 is 1.90 bits per heavy atom. The summed E-state index contributed by atoms with van der Waals surface area (Å²) in [7, 11) is -6.84. The van der Waals surface area contributed by atoms with Gasteiger partial charge in [-0.1, -0.05) is 29.5 Å². The Labute approximate surface area is 171 Å². The van der Waals surface area contributed by atoms with E-state index in [0.717, 1.165) is 11.3 Å². The molecular formula is C18H17N3O5S3. The van der Waals surface area contributed by atoms with Crippen molar-refractivity contribution >= 4 is 52.5 Å². The minimum Gasteiger partial charge on any atom is -0.348 e. The topological polar surface area (TPSA) is 122 Å². The molecule has 1 atom stereocenters. The number of aromatic nitrogens is 1. The lowest BCUT2D eigenvalue weighted by atomic mass is 10.2. The number of sulfonamides is 1. The van der Waals surface area contributed by atoms with Gasteiger partial charge in [-0.15, -0.1) is 0 Å². The third-order valence-corrected chi connectivity index (χ3v) is 8.68. The molecule has 1 fully saturated rings. The number of hydrogen-bond acceptors (Lipinski definition) is 7. The Morgan fingerprint density at radius 3 is 2.59 bits per heavy atom. The van der Waals surface area contributed by atoms with E-state index in [2.05, 4.69) is 15.0 Å². The molecule has 2 heterocycles. The average Bonchev–Trinajstić information content (AvgIpc) is 3.22. The van der Waals surface area contributed by atoms with Crippen molar-refractivity contribution in [1.82, 2.24) is 10.3 Å². The van der Waals surface area contributed by atoms with Crippen LogP contribution in [-0.2, 0) is 19.9 Å². The van der Waals surface area contributed by atoms with E-state index in [9.17, 15) is 21.6 Å². The van der Waals surface area contributed by atoms with Gasteiger partial charge in [-0.2, -0.15) is 0 Å². The summed E-state index contributed by atoms with van der Waals surface area (Å²) in [5, 5.41) is 2.93. The molecule has 0 radical (unpaired) electrons. The van der Waals surface area contributed by atoms with Crippen molar-refractivity contribution in [2.45, 2.75) is 17.4 Å². The Bertz CT molecular complexity index is 1280. The van der Waals surface area contributed by atoms with Crippen LogP contribution >= 0.6 is 11.3 Å². The van der Waals surface area contributed by atoms with Crippen LogP contribution in [0.2, 0.25) is 0 Å². The maximum Gasteiger partial charge on any atom is 0.263 e. The number of benzene rings is 2. The van der Waals surface area contributed by atoms with Gasteiger partial charge >= 0.3 is 0 Å². The fourth-order valence-corrected chi connectivity index (χ4v) is 6.90. The van der Waals surface area contributed by atoms with Crippen LogP contribution in [0.1, 0.15) is 16.8 Å². The van der Waals surface area contributed by atoms with Gasteiger partial charge in [0.2, 0.25) is 0 Å². The number of thiazole rings is 1. The molecule has 1 unspecified atom stereocenters. The highest BCUT2D eigenvalue weighted by Crippen LogP contribution is 2.28. The van der Waals surface area contributed by atoms with Crippen LogP contribution in [0.15, 0.2) is 53.4 Å². The number of carbonyl (C=O) groups excluding carboxylic acids is 1. The molecule has 0 saturated carbocycles. The number of nitrogens with zero attached hydrogens (tertiary/aromatic N) is 1. The standard InChI is InChI=1S/C18H17N3O5S3/c22-17(19-13-8-9-28(23,24)11-13)12-6-7-15-16(10-12)27-18(20-15)21-29(25,26)14-4-2-1-3-5-14/h1-7,10,13H,8-9,11H2,(H,19,22)(H,20,21). The Balaban J connectivity index is 1.53. The highest BCUT2D eigenvalue weighted by Gasteiger charge is 2.29. The smallest absolute Gasteiger partial charge is 0.263 e. The molecule has 0 aliphatic carbocycles. The molecule has 1 saturated heterocycles. The second-order valence-corrected chi connectivity index (χ2v) is 11.6. The maximum atomic E-state index is 12.4. The number of carbonyl (C=O) groups is 1. The van der Waals surface area contributed by atoms with Gasteiger partial charge in [-0.05, 0) is 36.8 Å².